The van der Waals surface area contributed by atoms with Gasteiger partial charge in [0.15, 0.2) is 11.6 Å². The molecule has 7 nitrogen and oxygen atoms in total. The Morgan fingerprint density at radius 1 is 1.11 bits per heavy atom. The van der Waals surface area contributed by atoms with Gasteiger partial charge in [0.1, 0.15) is 13.2 Å². The minimum atomic E-state index is -0.745. The van der Waals surface area contributed by atoms with E-state index >= 15 is 0 Å². The fraction of sp³-hybridized carbons (Fsp3) is 0.200. The first kappa shape index (κ1) is 19.7. The summed E-state index contributed by atoms with van der Waals surface area (Å²) in [5, 5.41) is 26.1. The summed E-state index contributed by atoms with van der Waals surface area (Å²) in [6.45, 7) is 1.80. The monoisotopic (exact) mass is 398 g/mol. The zero-order valence-corrected chi connectivity index (χ0v) is 16.0. The molecule has 0 spiro atoms. The number of carbonyl (C=O) groups is 1. The van der Waals surface area contributed by atoms with Crippen LogP contribution in [0, 0.1) is 0 Å². The van der Waals surface area contributed by atoms with E-state index in [1.54, 1.807) is 6.92 Å². The molecule has 0 fully saturated rings. The fourth-order valence-corrected chi connectivity index (χ4v) is 3.05. The van der Waals surface area contributed by atoms with Gasteiger partial charge in [-0.1, -0.05) is 54.9 Å². The number of rotatable bonds is 3. The minimum absolute atomic E-state index is 0.178. The summed E-state index contributed by atoms with van der Waals surface area (Å²) in [6, 6.07) is 15.5. The zero-order chi connectivity index (χ0) is 20.1. The number of carboxylic acid groups (broad SMARTS) is 1. The van der Waals surface area contributed by atoms with Crippen LogP contribution in [0.15, 0.2) is 53.5 Å². The predicted molar refractivity (Wildman–Crippen MR) is 106 cm³/mol. The SMILES string of the molecule is CCC(=O)O.OCc1nnc2n1-c1ccccc1C(c1ccccc1Cl)=NC2. The summed E-state index contributed by atoms with van der Waals surface area (Å²) in [5.74, 6) is 0.455. The second kappa shape index (κ2) is 8.77. The maximum Gasteiger partial charge on any atom is 0.303 e. The van der Waals surface area contributed by atoms with Crippen molar-refractivity contribution in [2.45, 2.75) is 26.5 Å². The van der Waals surface area contributed by atoms with Gasteiger partial charge in [0.05, 0.1) is 11.4 Å². The normalized spacial score (nSPS) is 12.0. The molecule has 0 unspecified atom stereocenters. The first-order valence-corrected chi connectivity index (χ1v) is 9.09. The van der Waals surface area contributed by atoms with Gasteiger partial charge >= 0.3 is 5.97 Å². The Balaban J connectivity index is 0.000000403. The number of aliphatic imine (C=N–C) groups is 1. The number of nitrogens with zero attached hydrogens (tertiary/aromatic N) is 4. The molecule has 0 amide bonds. The van der Waals surface area contributed by atoms with Gasteiger partial charge in [0.2, 0.25) is 0 Å². The third kappa shape index (κ3) is 3.95. The molecule has 1 aliphatic heterocycles. The summed E-state index contributed by atoms with van der Waals surface area (Å²) < 4.78 is 1.86. The topological polar surface area (TPSA) is 101 Å². The highest BCUT2D eigenvalue weighted by atomic mass is 35.5. The fourth-order valence-electron chi connectivity index (χ4n) is 2.82. The number of carboxylic acids is 1. The van der Waals surface area contributed by atoms with Crippen LogP contribution in [0.4, 0.5) is 0 Å². The van der Waals surface area contributed by atoms with Gasteiger partial charge in [-0.25, -0.2) is 0 Å². The van der Waals surface area contributed by atoms with E-state index in [9.17, 15) is 9.90 Å². The molecule has 1 aromatic heterocycles. The first-order valence-electron chi connectivity index (χ1n) is 8.71. The van der Waals surface area contributed by atoms with Gasteiger partial charge < -0.3 is 10.2 Å². The Morgan fingerprint density at radius 2 is 1.75 bits per heavy atom. The molecule has 0 saturated carbocycles. The molecule has 28 heavy (non-hydrogen) atoms. The molecule has 2 N–H and O–H groups in total. The number of benzene rings is 2. The molecule has 3 aromatic rings. The minimum Gasteiger partial charge on any atom is -0.481 e. The molecule has 0 atom stereocenters. The smallest absolute Gasteiger partial charge is 0.303 e. The number of hydrogen-bond acceptors (Lipinski definition) is 5. The summed E-state index contributed by atoms with van der Waals surface area (Å²) >= 11 is 6.37. The number of aliphatic carboxylic acids is 1. The van der Waals surface area contributed by atoms with E-state index < -0.39 is 5.97 Å². The van der Waals surface area contributed by atoms with Crippen LogP contribution >= 0.6 is 11.6 Å². The van der Waals surface area contributed by atoms with E-state index in [1.807, 2.05) is 53.1 Å². The lowest BCUT2D eigenvalue weighted by molar-refractivity contribution is -0.136. The Bertz CT molecular complexity index is 1030. The summed E-state index contributed by atoms with van der Waals surface area (Å²) in [6.07, 6.45) is 0.222. The Morgan fingerprint density at radius 3 is 2.39 bits per heavy atom. The van der Waals surface area contributed by atoms with Crippen molar-refractivity contribution in [3.05, 3.63) is 76.3 Å². The zero-order valence-electron chi connectivity index (χ0n) is 15.2. The lowest BCUT2D eigenvalue weighted by Gasteiger charge is -2.13. The van der Waals surface area contributed by atoms with Gasteiger partial charge in [-0.15, -0.1) is 10.2 Å². The molecule has 1 aliphatic rings. The molecular formula is C20H19ClN4O3. The Labute approximate surface area is 167 Å². The highest BCUT2D eigenvalue weighted by Crippen LogP contribution is 2.28. The Hall–Kier alpha value is -3.03. The van der Waals surface area contributed by atoms with Crippen molar-refractivity contribution in [3.63, 3.8) is 0 Å². The molecule has 0 radical (unpaired) electrons. The van der Waals surface area contributed by atoms with Gasteiger partial charge in [-0.3, -0.25) is 14.4 Å². The number of fused-ring (bicyclic) bond motifs is 3. The van der Waals surface area contributed by atoms with E-state index in [0.29, 0.717) is 23.2 Å². The van der Waals surface area contributed by atoms with Crippen molar-refractivity contribution in [2.24, 2.45) is 4.99 Å². The standard InChI is InChI=1S/C17H13ClN4O.C3H6O2/c18-13-7-3-1-5-11(13)17-12-6-2-4-8-14(12)22-15(9-19-17)20-21-16(22)10-23;1-2-3(4)5/h1-8,23H,9-10H2;2H2,1H3,(H,4,5). The van der Waals surface area contributed by atoms with Crippen LogP contribution in [0.5, 0.6) is 0 Å². The first-order chi connectivity index (χ1) is 13.6. The maximum absolute atomic E-state index is 9.55. The number of halogens is 1. The van der Waals surface area contributed by atoms with E-state index in [1.165, 1.54) is 0 Å². The van der Waals surface area contributed by atoms with Crippen LogP contribution in [0.25, 0.3) is 5.69 Å². The lowest BCUT2D eigenvalue weighted by Crippen LogP contribution is -2.09. The van der Waals surface area contributed by atoms with Crippen LogP contribution in [0.1, 0.15) is 36.1 Å². The molecule has 144 valence electrons. The van der Waals surface area contributed by atoms with Crippen molar-refractivity contribution < 1.29 is 15.0 Å². The molecule has 2 aromatic carbocycles. The van der Waals surface area contributed by atoms with E-state index in [2.05, 4.69) is 10.2 Å². The van der Waals surface area contributed by atoms with Gasteiger partial charge in [-0.2, -0.15) is 0 Å². The van der Waals surface area contributed by atoms with Crippen molar-refractivity contribution in [1.29, 1.82) is 0 Å². The van der Waals surface area contributed by atoms with Crippen LogP contribution in [-0.2, 0) is 17.9 Å². The quantitative estimate of drug-likeness (QED) is 0.705. The summed E-state index contributed by atoms with van der Waals surface area (Å²) in [5.41, 5.74) is 3.54. The molecule has 0 aliphatic carbocycles. The van der Waals surface area contributed by atoms with Crippen molar-refractivity contribution in [2.75, 3.05) is 0 Å². The number of aliphatic hydroxyl groups is 1. The molecular weight excluding hydrogens is 380 g/mol. The van der Waals surface area contributed by atoms with Crippen LogP contribution in [-0.4, -0.2) is 36.7 Å². The average Bonchev–Trinajstić information content (AvgIpc) is 3.05. The highest BCUT2D eigenvalue weighted by Gasteiger charge is 2.22. The largest absolute Gasteiger partial charge is 0.481 e. The molecule has 2 heterocycles. The highest BCUT2D eigenvalue weighted by molar-refractivity contribution is 6.35. The number of aromatic nitrogens is 3. The van der Waals surface area contributed by atoms with Crippen molar-refractivity contribution in [3.8, 4) is 5.69 Å². The maximum atomic E-state index is 9.55. The second-order valence-corrected chi connectivity index (χ2v) is 6.34. The molecule has 0 saturated heterocycles. The van der Waals surface area contributed by atoms with Crippen LogP contribution in [0.3, 0.4) is 0 Å². The Kier molecular flexibility index (Phi) is 6.18. The molecule has 0 bridgehead atoms. The summed E-state index contributed by atoms with van der Waals surface area (Å²) in [4.78, 5) is 14.1. The van der Waals surface area contributed by atoms with Gasteiger partial charge in [0, 0.05) is 22.6 Å². The lowest BCUT2D eigenvalue weighted by atomic mass is 10.0. The van der Waals surface area contributed by atoms with Gasteiger partial charge in [0.25, 0.3) is 0 Å². The summed E-state index contributed by atoms with van der Waals surface area (Å²) in [7, 11) is 0. The van der Waals surface area contributed by atoms with E-state index in [4.69, 9.17) is 21.7 Å². The molecule has 8 heteroatoms. The third-order valence-corrected chi connectivity index (χ3v) is 4.48. The van der Waals surface area contributed by atoms with Crippen molar-refractivity contribution in [1.82, 2.24) is 14.8 Å². The van der Waals surface area contributed by atoms with Crippen molar-refractivity contribution >= 4 is 23.3 Å². The van der Waals surface area contributed by atoms with E-state index in [-0.39, 0.29) is 13.0 Å². The van der Waals surface area contributed by atoms with E-state index in [0.717, 1.165) is 22.5 Å². The average molecular weight is 399 g/mol. The van der Waals surface area contributed by atoms with Gasteiger partial charge in [-0.05, 0) is 12.1 Å². The van der Waals surface area contributed by atoms with Crippen LogP contribution in [0.2, 0.25) is 5.02 Å². The second-order valence-electron chi connectivity index (χ2n) is 5.94. The number of hydrogen-bond donors (Lipinski definition) is 2. The molecule has 4 rings (SSSR count). The van der Waals surface area contributed by atoms with Crippen LogP contribution < -0.4 is 0 Å². The number of aliphatic hydroxyl groups excluding tert-OH is 1. The number of para-hydroxylation sites is 1. The predicted octanol–water partition coefficient (Wildman–Crippen LogP) is 3.25. The third-order valence-electron chi connectivity index (χ3n) is 4.15.